The number of rotatable bonds is 3. The summed E-state index contributed by atoms with van der Waals surface area (Å²) in [6.45, 7) is 2.19. The molecule has 1 unspecified atom stereocenters. The number of nitrogens with one attached hydrogen (secondary N) is 1. The number of nitrogens with zero attached hydrogens (tertiary/aromatic N) is 2. The fraction of sp³-hybridized carbons (Fsp3) is 0.267. The lowest BCUT2D eigenvalue weighted by atomic mass is 10.0. The number of anilines is 1. The van der Waals surface area contributed by atoms with Crippen LogP contribution in [-0.4, -0.2) is 33.7 Å². The number of carbonyl (C=O) groups excluding carboxylic acids is 1. The number of carbonyl (C=O) groups is 2. The fourth-order valence-electron chi connectivity index (χ4n) is 2.66. The Hall–Kier alpha value is -2.63. The van der Waals surface area contributed by atoms with Crippen molar-refractivity contribution >= 4 is 17.6 Å². The van der Waals surface area contributed by atoms with Crippen molar-refractivity contribution in [3.05, 3.63) is 36.2 Å². The van der Waals surface area contributed by atoms with Crippen LogP contribution in [0.15, 0.2) is 30.6 Å². The molecule has 1 amide bonds. The van der Waals surface area contributed by atoms with Gasteiger partial charge in [-0.2, -0.15) is 5.10 Å². The Kier molecular flexibility index (Phi) is 3.21. The minimum absolute atomic E-state index is 0.0673. The molecular weight excluding hydrogens is 270 g/mol. The van der Waals surface area contributed by atoms with E-state index >= 15 is 0 Å². The van der Waals surface area contributed by atoms with Crippen LogP contribution in [0.25, 0.3) is 11.1 Å². The maximum absolute atomic E-state index is 12.0. The normalized spacial score (nSPS) is 18.2. The zero-order chi connectivity index (χ0) is 15.0. The Bertz CT molecular complexity index is 694. The van der Waals surface area contributed by atoms with E-state index < -0.39 is 11.9 Å². The molecule has 108 valence electrons. The van der Waals surface area contributed by atoms with Crippen LogP contribution in [0.2, 0.25) is 0 Å². The van der Waals surface area contributed by atoms with Crippen LogP contribution in [0.1, 0.15) is 12.0 Å². The highest BCUT2D eigenvalue weighted by molar-refractivity contribution is 5.99. The number of hydrogen-bond donors (Lipinski definition) is 2. The number of aromatic amines is 1. The molecule has 0 saturated carbocycles. The van der Waals surface area contributed by atoms with Crippen LogP contribution in [-0.2, 0) is 9.59 Å². The van der Waals surface area contributed by atoms with E-state index in [1.807, 2.05) is 31.3 Å². The van der Waals surface area contributed by atoms with E-state index in [0.717, 1.165) is 22.4 Å². The summed E-state index contributed by atoms with van der Waals surface area (Å²) >= 11 is 0. The Morgan fingerprint density at radius 3 is 2.86 bits per heavy atom. The predicted molar refractivity (Wildman–Crippen MR) is 76.9 cm³/mol. The highest BCUT2D eigenvalue weighted by atomic mass is 16.4. The average Bonchev–Trinajstić information content (AvgIpc) is 3.07. The van der Waals surface area contributed by atoms with Gasteiger partial charge in [0.25, 0.3) is 0 Å². The highest BCUT2D eigenvalue weighted by Crippen LogP contribution is 2.30. The first kappa shape index (κ1) is 13.4. The summed E-state index contributed by atoms with van der Waals surface area (Å²) < 4.78 is 0. The van der Waals surface area contributed by atoms with Crippen LogP contribution < -0.4 is 4.90 Å². The van der Waals surface area contributed by atoms with Gasteiger partial charge in [0.2, 0.25) is 5.91 Å². The van der Waals surface area contributed by atoms with Crippen LogP contribution >= 0.6 is 0 Å². The van der Waals surface area contributed by atoms with E-state index in [2.05, 4.69) is 10.2 Å². The average molecular weight is 285 g/mol. The molecule has 6 nitrogen and oxygen atoms in total. The van der Waals surface area contributed by atoms with Gasteiger partial charge in [-0.25, -0.2) is 0 Å². The molecule has 1 atom stereocenters. The summed E-state index contributed by atoms with van der Waals surface area (Å²) in [4.78, 5) is 24.5. The molecule has 1 aromatic carbocycles. The third-order valence-electron chi connectivity index (χ3n) is 3.81. The summed E-state index contributed by atoms with van der Waals surface area (Å²) in [5.41, 5.74) is 3.78. The monoisotopic (exact) mass is 285 g/mol. The van der Waals surface area contributed by atoms with Crippen LogP contribution in [0.4, 0.5) is 5.69 Å². The van der Waals surface area contributed by atoms with Gasteiger partial charge in [0, 0.05) is 30.4 Å². The van der Waals surface area contributed by atoms with Gasteiger partial charge in [0.1, 0.15) is 0 Å². The molecule has 1 saturated heterocycles. The number of benzene rings is 1. The van der Waals surface area contributed by atoms with E-state index in [9.17, 15) is 9.59 Å². The molecule has 0 bridgehead atoms. The lowest BCUT2D eigenvalue weighted by Gasteiger charge is -2.17. The Balaban J connectivity index is 1.89. The van der Waals surface area contributed by atoms with E-state index in [-0.39, 0.29) is 18.9 Å². The van der Waals surface area contributed by atoms with Gasteiger partial charge < -0.3 is 10.0 Å². The summed E-state index contributed by atoms with van der Waals surface area (Å²) in [5, 5.41) is 15.7. The first-order chi connectivity index (χ1) is 10.1. The van der Waals surface area contributed by atoms with Gasteiger partial charge in [-0.15, -0.1) is 0 Å². The molecule has 3 rings (SSSR count). The second-order valence-electron chi connectivity index (χ2n) is 5.23. The summed E-state index contributed by atoms with van der Waals surface area (Å²) in [5.74, 6) is -1.68. The van der Waals surface area contributed by atoms with E-state index in [1.54, 1.807) is 11.1 Å². The number of carboxylic acids is 1. The van der Waals surface area contributed by atoms with Crippen molar-refractivity contribution in [3.63, 3.8) is 0 Å². The number of amides is 1. The van der Waals surface area contributed by atoms with E-state index in [0.29, 0.717) is 0 Å². The smallest absolute Gasteiger partial charge is 0.308 e. The standard InChI is InChI=1S/C15H15N3O3/c1-9-4-12(2-3-13(9)11-6-16-17-7-11)18-8-10(15(20)21)5-14(18)19/h2-4,6-7,10H,5,8H2,1H3,(H,16,17)(H,20,21). The first-order valence-corrected chi connectivity index (χ1v) is 6.69. The van der Waals surface area contributed by atoms with E-state index in [1.165, 1.54) is 0 Å². The molecule has 6 heteroatoms. The maximum atomic E-state index is 12.0. The molecule has 2 aromatic rings. The summed E-state index contributed by atoms with van der Waals surface area (Å²) in [6.07, 6.45) is 3.62. The number of aliphatic carboxylic acids is 1. The van der Waals surface area contributed by atoms with Crippen LogP contribution in [0.5, 0.6) is 0 Å². The summed E-state index contributed by atoms with van der Waals surface area (Å²) in [6, 6.07) is 5.68. The molecule has 0 aliphatic carbocycles. The second-order valence-corrected chi connectivity index (χ2v) is 5.23. The van der Waals surface area contributed by atoms with Crippen molar-refractivity contribution in [2.24, 2.45) is 5.92 Å². The lowest BCUT2D eigenvalue weighted by Crippen LogP contribution is -2.25. The van der Waals surface area contributed by atoms with Gasteiger partial charge in [-0.05, 0) is 30.2 Å². The molecule has 21 heavy (non-hydrogen) atoms. The third kappa shape index (κ3) is 2.40. The van der Waals surface area contributed by atoms with Crippen molar-refractivity contribution < 1.29 is 14.7 Å². The zero-order valence-electron chi connectivity index (χ0n) is 11.5. The molecule has 0 spiro atoms. The molecule has 1 fully saturated rings. The molecule has 2 N–H and O–H groups in total. The topological polar surface area (TPSA) is 86.3 Å². The largest absolute Gasteiger partial charge is 0.481 e. The Labute approximate surface area is 121 Å². The van der Waals surface area contributed by atoms with Crippen LogP contribution in [0, 0.1) is 12.8 Å². The number of carboxylic acid groups (broad SMARTS) is 1. The van der Waals surface area contributed by atoms with Crippen LogP contribution in [0.3, 0.4) is 0 Å². The Morgan fingerprint density at radius 1 is 1.48 bits per heavy atom. The van der Waals surface area contributed by atoms with Gasteiger partial charge in [-0.1, -0.05) is 6.07 Å². The molecule has 2 heterocycles. The number of hydrogen-bond acceptors (Lipinski definition) is 3. The van der Waals surface area contributed by atoms with Gasteiger partial charge >= 0.3 is 5.97 Å². The van der Waals surface area contributed by atoms with Crippen molar-refractivity contribution in [3.8, 4) is 11.1 Å². The molecule has 1 aliphatic heterocycles. The van der Waals surface area contributed by atoms with Crippen molar-refractivity contribution in [1.29, 1.82) is 0 Å². The van der Waals surface area contributed by atoms with Gasteiger partial charge in [-0.3, -0.25) is 14.7 Å². The van der Waals surface area contributed by atoms with Crippen molar-refractivity contribution in [1.82, 2.24) is 10.2 Å². The maximum Gasteiger partial charge on any atom is 0.308 e. The lowest BCUT2D eigenvalue weighted by molar-refractivity contribution is -0.141. The van der Waals surface area contributed by atoms with Gasteiger partial charge in [0.05, 0.1) is 12.1 Å². The molecular formula is C15H15N3O3. The molecule has 0 radical (unpaired) electrons. The third-order valence-corrected chi connectivity index (χ3v) is 3.81. The first-order valence-electron chi connectivity index (χ1n) is 6.69. The Morgan fingerprint density at radius 2 is 2.29 bits per heavy atom. The number of H-pyrrole nitrogens is 1. The quantitative estimate of drug-likeness (QED) is 0.900. The van der Waals surface area contributed by atoms with Gasteiger partial charge in [0.15, 0.2) is 0 Å². The minimum atomic E-state index is -0.919. The SMILES string of the molecule is Cc1cc(N2CC(C(=O)O)CC2=O)ccc1-c1cn[nH]c1. The molecule has 1 aromatic heterocycles. The second kappa shape index (κ2) is 5.05. The highest BCUT2D eigenvalue weighted by Gasteiger charge is 2.35. The fourth-order valence-corrected chi connectivity index (χ4v) is 2.66. The van der Waals surface area contributed by atoms with Crippen molar-refractivity contribution in [2.45, 2.75) is 13.3 Å². The van der Waals surface area contributed by atoms with E-state index in [4.69, 9.17) is 5.11 Å². The summed E-state index contributed by atoms with van der Waals surface area (Å²) in [7, 11) is 0. The number of aromatic nitrogens is 2. The minimum Gasteiger partial charge on any atom is -0.481 e. The van der Waals surface area contributed by atoms with Crippen molar-refractivity contribution in [2.75, 3.05) is 11.4 Å². The number of aryl methyl sites for hydroxylation is 1. The molecule has 1 aliphatic rings. The predicted octanol–water partition coefficient (Wildman–Crippen LogP) is 1.82. The zero-order valence-corrected chi connectivity index (χ0v) is 11.5.